The van der Waals surface area contributed by atoms with Crippen molar-refractivity contribution in [3.8, 4) is 0 Å². The molecule has 0 saturated carbocycles. The molecule has 1 unspecified atom stereocenters. The Morgan fingerprint density at radius 1 is 0.897 bits per heavy atom. The summed E-state index contributed by atoms with van der Waals surface area (Å²) in [6.07, 6.45) is 22.9. The molecule has 0 aliphatic carbocycles. The van der Waals surface area contributed by atoms with Crippen LogP contribution in [-0.2, 0) is 25.9 Å². The van der Waals surface area contributed by atoms with Crippen LogP contribution in [0, 0.1) is 0 Å². The fourth-order valence-electron chi connectivity index (χ4n) is 4.38. The third kappa shape index (κ3) is 22.2. The molecule has 0 spiro atoms. The van der Waals surface area contributed by atoms with Gasteiger partial charge in [-0.15, -0.1) is 11.3 Å². The summed E-state index contributed by atoms with van der Waals surface area (Å²) in [5.74, 6) is 0.0175. The number of methoxy groups -OCH3 is 1. The van der Waals surface area contributed by atoms with Gasteiger partial charge in [0.05, 0.1) is 10.8 Å². The van der Waals surface area contributed by atoms with Crippen LogP contribution in [0.2, 0.25) is 0 Å². The molecule has 10 heteroatoms. The second-order valence-corrected chi connectivity index (χ2v) is 13.3. The van der Waals surface area contributed by atoms with Gasteiger partial charge in [-0.2, -0.15) is 0 Å². The number of aromatic nitrogens is 1. The normalized spacial score (nSPS) is 12.5. The molecule has 1 rings (SSSR count). The van der Waals surface area contributed by atoms with Gasteiger partial charge in [0.25, 0.3) is 0 Å². The maximum absolute atomic E-state index is 12.2. The molecule has 1 amide bonds. The first kappa shape index (κ1) is 35.8. The standard InChI is InChI=1S/C29H55N3O5S2/c1-3-4-5-6-7-8-9-10-11-12-13-14-15-16-17-18-21-31-29(33)37-26-27(36-2)25-32-39(34,35)24-19-20-28-30-22-23-38-28/h22-23,27,32H,3-21,24-26H2,1-2H3,(H,31,33). The van der Waals surface area contributed by atoms with Gasteiger partial charge in [0.1, 0.15) is 12.7 Å². The zero-order chi connectivity index (χ0) is 28.4. The van der Waals surface area contributed by atoms with Crippen LogP contribution in [0.4, 0.5) is 4.79 Å². The summed E-state index contributed by atoms with van der Waals surface area (Å²) in [6, 6.07) is 0. The van der Waals surface area contributed by atoms with E-state index in [0.717, 1.165) is 17.8 Å². The van der Waals surface area contributed by atoms with Crippen LogP contribution in [0.5, 0.6) is 0 Å². The smallest absolute Gasteiger partial charge is 0.407 e. The second kappa shape index (κ2) is 24.6. The van der Waals surface area contributed by atoms with Crippen molar-refractivity contribution in [3.05, 3.63) is 16.6 Å². The first-order valence-electron chi connectivity index (χ1n) is 15.3. The van der Waals surface area contributed by atoms with E-state index in [1.165, 1.54) is 108 Å². The lowest BCUT2D eigenvalue weighted by Gasteiger charge is -2.16. The molecule has 0 radical (unpaired) electrons. The van der Waals surface area contributed by atoms with Crippen LogP contribution < -0.4 is 10.0 Å². The zero-order valence-corrected chi connectivity index (χ0v) is 26.2. The molecule has 8 nitrogen and oxygen atoms in total. The third-order valence-corrected chi connectivity index (χ3v) is 9.12. The van der Waals surface area contributed by atoms with Crippen molar-refractivity contribution in [2.75, 3.05) is 32.6 Å². The quantitative estimate of drug-likeness (QED) is 0.107. The van der Waals surface area contributed by atoms with Gasteiger partial charge in [0, 0.05) is 38.2 Å². The number of nitrogens with zero attached hydrogens (tertiary/aromatic N) is 1. The molecule has 1 aromatic heterocycles. The predicted octanol–water partition coefficient (Wildman–Crippen LogP) is 7.00. The summed E-state index contributed by atoms with van der Waals surface area (Å²) in [5, 5.41) is 5.57. The number of hydrogen-bond acceptors (Lipinski definition) is 7. The number of hydrogen-bond donors (Lipinski definition) is 2. The molecule has 39 heavy (non-hydrogen) atoms. The van der Waals surface area contributed by atoms with Crippen LogP contribution >= 0.6 is 11.3 Å². The number of ether oxygens (including phenoxy) is 2. The number of thiazole rings is 1. The van der Waals surface area contributed by atoms with Crippen LogP contribution in [0.1, 0.15) is 121 Å². The Hall–Kier alpha value is -1.23. The molecule has 1 atom stereocenters. The van der Waals surface area contributed by atoms with E-state index in [1.54, 1.807) is 6.20 Å². The topological polar surface area (TPSA) is 107 Å². The minimum absolute atomic E-state index is 0.0110. The van der Waals surface area contributed by atoms with Gasteiger partial charge < -0.3 is 14.8 Å². The lowest BCUT2D eigenvalue weighted by molar-refractivity contribution is 0.0384. The number of nitrogens with one attached hydrogen (secondary N) is 2. The van der Waals surface area contributed by atoms with E-state index >= 15 is 0 Å². The Morgan fingerprint density at radius 2 is 1.46 bits per heavy atom. The number of alkyl carbamates (subject to hydrolysis) is 1. The van der Waals surface area contributed by atoms with Crippen LogP contribution in [0.3, 0.4) is 0 Å². The predicted molar refractivity (Wildman–Crippen MR) is 162 cm³/mol. The molecule has 1 aromatic rings. The maximum atomic E-state index is 12.2. The van der Waals surface area contributed by atoms with Crippen molar-refractivity contribution in [2.45, 2.75) is 129 Å². The van der Waals surface area contributed by atoms with Crippen molar-refractivity contribution in [1.29, 1.82) is 0 Å². The summed E-state index contributed by atoms with van der Waals surface area (Å²) in [6.45, 7) is 2.90. The fraction of sp³-hybridized carbons (Fsp3) is 0.862. The SMILES string of the molecule is CCCCCCCCCCCCCCCCCCNC(=O)OCC(CNS(=O)(=O)CCCc1nccs1)OC. The zero-order valence-electron chi connectivity index (χ0n) is 24.6. The van der Waals surface area contributed by atoms with Crippen LogP contribution in [-0.4, -0.2) is 58.2 Å². The van der Waals surface area contributed by atoms with Gasteiger partial charge in [-0.1, -0.05) is 103 Å². The summed E-state index contributed by atoms with van der Waals surface area (Å²) in [7, 11) is -1.96. The van der Waals surface area contributed by atoms with Gasteiger partial charge in [0.2, 0.25) is 10.0 Å². The average Bonchev–Trinajstić information content (AvgIpc) is 3.44. The minimum Gasteiger partial charge on any atom is -0.447 e. The number of carbonyl (C=O) groups excluding carboxylic acids is 1. The molecule has 0 aliphatic heterocycles. The van der Waals surface area contributed by atoms with Gasteiger partial charge in [-0.3, -0.25) is 0 Å². The Morgan fingerprint density at radius 3 is 1.97 bits per heavy atom. The average molecular weight is 590 g/mol. The van der Waals surface area contributed by atoms with E-state index < -0.39 is 22.2 Å². The molecule has 0 fully saturated rings. The number of aryl methyl sites for hydroxylation is 1. The maximum Gasteiger partial charge on any atom is 0.407 e. The van der Waals surface area contributed by atoms with E-state index in [2.05, 4.69) is 21.9 Å². The molecule has 1 heterocycles. The van der Waals surface area contributed by atoms with E-state index in [0.29, 0.717) is 19.4 Å². The number of unbranched alkanes of at least 4 members (excludes halogenated alkanes) is 15. The van der Waals surface area contributed by atoms with E-state index in [9.17, 15) is 13.2 Å². The van der Waals surface area contributed by atoms with Crippen molar-refractivity contribution in [2.24, 2.45) is 0 Å². The molecule has 228 valence electrons. The first-order valence-corrected chi connectivity index (χ1v) is 17.8. The third-order valence-electron chi connectivity index (χ3n) is 6.85. The summed E-state index contributed by atoms with van der Waals surface area (Å²) in [5.41, 5.74) is 0. The van der Waals surface area contributed by atoms with Crippen LogP contribution in [0.15, 0.2) is 11.6 Å². The number of sulfonamides is 1. The summed E-state index contributed by atoms with van der Waals surface area (Å²) in [4.78, 5) is 16.1. The monoisotopic (exact) mass is 589 g/mol. The van der Waals surface area contributed by atoms with Crippen molar-refractivity contribution < 1.29 is 22.7 Å². The number of carbonyl (C=O) groups is 1. The second-order valence-electron chi connectivity index (χ2n) is 10.4. The highest BCUT2D eigenvalue weighted by atomic mass is 32.2. The van der Waals surface area contributed by atoms with E-state index in [-0.39, 0.29) is 18.9 Å². The van der Waals surface area contributed by atoms with Gasteiger partial charge in [0.15, 0.2) is 0 Å². The molecule has 0 bridgehead atoms. The Balaban J connectivity index is 1.91. The Bertz CT molecular complexity index is 791. The Labute approximate surface area is 242 Å². The summed E-state index contributed by atoms with van der Waals surface area (Å²) >= 11 is 1.52. The van der Waals surface area contributed by atoms with E-state index in [1.807, 2.05) is 5.38 Å². The van der Waals surface area contributed by atoms with E-state index in [4.69, 9.17) is 9.47 Å². The highest BCUT2D eigenvalue weighted by Gasteiger charge is 2.16. The number of rotatable bonds is 27. The molecule has 2 N–H and O–H groups in total. The van der Waals surface area contributed by atoms with Crippen molar-refractivity contribution >= 4 is 27.5 Å². The van der Waals surface area contributed by atoms with Crippen molar-refractivity contribution in [3.63, 3.8) is 0 Å². The van der Waals surface area contributed by atoms with Gasteiger partial charge in [-0.05, 0) is 12.8 Å². The molecule has 0 aromatic carbocycles. The van der Waals surface area contributed by atoms with Gasteiger partial charge >= 0.3 is 6.09 Å². The lowest BCUT2D eigenvalue weighted by Crippen LogP contribution is -2.38. The minimum atomic E-state index is -3.43. The first-order chi connectivity index (χ1) is 19.0. The largest absolute Gasteiger partial charge is 0.447 e. The Kier molecular flexibility index (Phi) is 22.5. The molecular formula is C29H55N3O5S2. The fourth-order valence-corrected chi connectivity index (χ4v) is 6.15. The molecule has 0 aliphatic rings. The van der Waals surface area contributed by atoms with Gasteiger partial charge in [-0.25, -0.2) is 22.9 Å². The van der Waals surface area contributed by atoms with Crippen molar-refractivity contribution in [1.82, 2.24) is 15.0 Å². The summed E-state index contributed by atoms with van der Waals surface area (Å²) < 4.78 is 37.4. The number of amides is 1. The lowest BCUT2D eigenvalue weighted by atomic mass is 10.0. The highest BCUT2D eigenvalue weighted by molar-refractivity contribution is 7.89. The van der Waals surface area contributed by atoms with Crippen LogP contribution in [0.25, 0.3) is 0 Å². The molecule has 0 saturated heterocycles. The highest BCUT2D eigenvalue weighted by Crippen LogP contribution is 2.13. The molecular weight excluding hydrogens is 534 g/mol.